The molecule has 1 heterocycles. The molecule has 0 aromatic heterocycles. The molecule has 0 radical (unpaired) electrons. The van der Waals surface area contributed by atoms with Crippen LogP contribution in [-0.4, -0.2) is 44.0 Å². The predicted molar refractivity (Wildman–Crippen MR) is 90.9 cm³/mol. The monoisotopic (exact) mass is 387 g/mol. The lowest BCUT2D eigenvalue weighted by molar-refractivity contribution is -0.117. The highest BCUT2D eigenvalue weighted by atomic mass is 127. The van der Waals surface area contributed by atoms with Gasteiger partial charge in [-0.15, -0.1) is 0 Å². The van der Waals surface area contributed by atoms with Gasteiger partial charge < -0.3 is 10.6 Å². The molecule has 1 aliphatic heterocycles. The van der Waals surface area contributed by atoms with Crippen molar-refractivity contribution in [1.82, 2.24) is 10.2 Å². The molecule has 1 aromatic rings. The van der Waals surface area contributed by atoms with Crippen LogP contribution < -0.4 is 10.6 Å². The summed E-state index contributed by atoms with van der Waals surface area (Å²) in [4.78, 5) is 14.1. The zero-order chi connectivity index (χ0) is 14.4. The molecule has 0 saturated carbocycles. The number of nitrogens with zero attached hydrogens (tertiary/aromatic N) is 1. The fourth-order valence-electron chi connectivity index (χ4n) is 2.60. The molecule has 0 bridgehead atoms. The van der Waals surface area contributed by atoms with Gasteiger partial charge in [0, 0.05) is 15.8 Å². The van der Waals surface area contributed by atoms with Crippen molar-refractivity contribution in [3.8, 4) is 0 Å². The van der Waals surface area contributed by atoms with Gasteiger partial charge in [-0.25, -0.2) is 0 Å². The number of rotatable bonds is 5. The zero-order valence-electron chi connectivity index (χ0n) is 11.9. The van der Waals surface area contributed by atoms with Crippen LogP contribution in [0.1, 0.15) is 12.8 Å². The minimum absolute atomic E-state index is 0.0540. The molecule has 110 valence electrons. The number of piperidine rings is 1. The lowest BCUT2D eigenvalue weighted by Crippen LogP contribution is -2.39. The Labute approximate surface area is 134 Å². The molecule has 1 atom stereocenters. The third-order valence-electron chi connectivity index (χ3n) is 3.49. The van der Waals surface area contributed by atoms with Crippen molar-refractivity contribution < 1.29 is 4.79 Å². The van der Waals surface area contributed by atoms with E-state index in [1.165, 1.54) is 12.8 Å². The van der Waals surface area contributed by atoms with Crippen LogP contribution >= 0.6 is 22.6 Å². The zero-order valence-corrected chi connectivity index (χ0v) is 14.0. The van der Waals surface area contributed by atoms with Crippen molar-refractivity contribution in [2.24, 2.45) is 5.92 Å². The molecule has 4 nitrogen and oxygen atoms in total. The number of likely N-dealkylation sites (N-methyl/N-ethyl adjacent to an activating group) is 1. The fourth-order valence-corrected chi connectivity index (χ4v) is 3.14. The summed E-state index contributed by atoms with van der Waals surface area (Å²) in [5.41, 5.74) is 0.870. The SMILES string of the molecule is CN(CC(=O)Nc1cccc(I)c1)CC1CCCNC1. The minimum Gasteiger partial charge on any atom is -0.325 e. The van der Waals surface area contributed by atoms with E-state index in [1.54, 1.807) is 0 Å². The lowest BCUT2D eigenvalue weighted by Gasteiger charge is -2.27. The smallest absolute Gasteiger partial charge is 0.238 e. The van der Waals surface area contributed by atoms with Gasteiger partial charge in [0.1, 0.15) is 0 Å². The van der Waals surface area contributed by atoms with E-state index in [9.17, 15) is 4.79 Å². The number of amides is 1. The Balaban J connectivity index is 1.75. The van der Waals surface area contributed by atoms with Crippen molar-refractivity contribution in [2.75, 3.05) is 38.5 Å². The standard InChI is InChI=1S/C15H22IN3O/c1-19(10-12-4-3-7-17-9-12)11-15(20)18-14-6-2-5-13(16)8-14/h2,5-6,8,12,17H,3-4,7,9-11H2,1H3,(H,18,20). The second-order valence-corrected chi connectivity index (χ2v) is 6.71. The summed E-state index contributed by atoms with van der Waals surface area (Å²) in [6.45, 7) is 3.63. The largest absolute Gasteiger partial charge is 0.325 e. The number of hydrogen-bond acceptors (Lipinski definition) is 3. The first-order valence-electron chi connectivity index (χ1n) is 7.08. The molecule has 1 fully saturated rings. The number of halogens is 1. The van der Waals surface area contributed by atoms with E-state index in [-0.39, 0.29) is 5.91 Å². The van der Waals surface area contributed by atoms with Crippen LogP contribution in [0, 0.1) is 9.49 Å². The van der Waals surface area contributed by atoms with Gasteiger partial charge in [0.25, 0.3) is 0 Å². The quantitative estimate of drug-likeness (QED) is 0.762. The molecule has 0 spiro atoms. The molecule has 1 aromatic carbocycles. The Morgan fingerprint density at radius 3 is 3.10 bits per heavy atom. The Bertz CT molecular complexity index is 446. The van der Waals surface area contributed by atoms with Crippen molar-refractivity contribution in [1.29, 1.82) is 0 Å². The molecule has 1 unspecified atom stereocenters. The maximum Gasteiger partial charge on any atom is 0.238 e. The van der Waals surface area contributed by atoms with Crippen LogP contribution in [-0.2, 0) is 4.79 Å². The van der Waals surface area contributed by atoms with E-state index >= 15 is 0 Å². The fraction of sp³-hybridized carbons (Fsp3) is 0.533. The Kier molecular flexibility index (Phi) is 6.25. The summed E-state index contributed by atoms with van der Waals surface area (Å²) < 4.78 is 1.13. The van der Waals surface area contributed by atoms with Crippen LogP contribution in [0.5, 0.6) is 0 Å². The summed E-state index contributed by atoms with van der Waals surface area (Å²) in [5.74, 6) is 0.720. The van der Waals surface area contributed by atoms with Gasteiger partial charge in [-0.3, -0.25) is 9.69 Å². The van der Waals surface area contributed by atoms with Crippen molar-refractivity contribution >= 4 is 34.2 Å². The van der Waals surface area contributed by atoms with Crippen molar-refractivity contribution in [3.05, 3.63) is 27.8 Å². The third-order valence-corrected chi connectivity index (χ3v) is 4.16. The predicted octanol–water partition coefficient (Wildman–Crippen LogP) is 2.16. The van der Waals surface area contributed by atoms with Crippen LogP contribution in [0.15, 0.2) is 24.3 Å². The molecule has 1 saturated heterocycles. The van der Waals surface area contributed by atoms with Crippen LogP contribution in [0.3, 0.4) is 0 Å². The molecule has 20 heavy (non-hydrogen) atoms. The van der Waals surface area contributed by atoms with E-state index in [2.05, 4.69) is 38.1 Å². The van der Waals surface area contributed by atoms with Gasteiger partial charge in [-0.1, -0.05) is 6.07 Å². The molecule has 1 aliphatic rings. The van der Waals surface area contributed by atoms with Crippen LogP contribution in [0.2, 0.25) is 0 Å². The van der Waals surface area contributed by atoms with E-state index in [4.69, 9.17) is 0 Å². The van der Waals surface area contributed by atoms with Crippen molar-refractivity contribution in [2.45, 2.75) is 12.8 Å². The molecule has 1 amide bonds. The number of anilines is 1. The molecular weight excluding hydrogens is 365 g/mol. The third kappa shape index (κ3) is 5.38. The summed E-state index contributed by atoms with van der Waals surface area (Å²) in [5, 5.41) is 6.36. The Morgan fingerprint density at radius 2 is 2.40 bits per heavy atom. The minimum atomic E-state index is 0.0540. The molecule has 0 aliphatic carbocycles. The highest BCUT2D eigenvalue weighted by molar-refractivity contribution is 14.1. The van der Waals surface area contributed by atoms with Gasteiger partial charge in [0.05, 0.1) is 6.54 Å². The first kappa shape index (κ1) is 15.7. The topological polar surface area (TPSA) is 44.4 Å². The number of hydrogen-bond donors (Lipinski definition) is 2. The number of nitrogens with one attached hydrogen (secondary N) is 2. The Morgan fingerprint density at radius 1 is 1.55 bits per heavy atom. The summed E-state index contributed by atoms with van der Waals surface area (Å²) in [6.07, 6.45) is 2.50. The van der Waals surface area contributed by atoms with Gasteiger partial charge in [0.2, 0.25) is 5.91 Å². The van der Waals surface area contributed by atoms with E-state index in [0.29, 0.717) is 12.5 Å². The number of carbonyl (C=O) groups is 1. The average molecular weight is 387 g/mol. The van der Waals surface area contributed by atoms with E-state index < -0.39 is 0 Å². The highest BCUT2D eigenvalue weighted by Gasteiger charge is 2.16. The van der Waals surface area contributed by atoms with Gasteiger partial charge in [0.15, 0.2) is 0 Å². The molecular formula is C15H22IN3O. The maximum atomic E-state index is 12.0. The second-order valence-electron chi connectivity index (χ2n) is 5.47. The van der Waals surface area contributed by atoms with E-state index in [0.717, 1.165) is 28.9 Å². The first-order valence-corrected chi connectivity index (χ1v) is 8.16. The number of carbonyl (C=O) groups excluding carboxylic acids is 1. The highest BCUT2D eigenvalue weighted by Crippen LogP contribution is 2.13. The van der Waals surface area contributed by atoms with Crippen LogP contribution in [0.4, 0.5) is 5.69 Å². The first-order chi connectivity index (χ1) is 9.63. The van der Waals surface area contributed by atoms with Crippen molar-refractivity contribution in [3.63, 3.8) is 0 Å². The van der Waals surface area contributed by atoms with Gasteiger partial charge >= 0.3 is 0 Å². The summed E-state index contributed by atoms with van der Waals surface area (Å²) in [7, 11) is 2.02. The lowest BCUT2D eigenvalue weighted by atomic mass is 9.99. The summed E-state index contributed by atoms with van der Waals surface area (Å²) in [6, 6.07) is 7.86. The molecule has 2 rings (SSSR count). The normalized spacial score (nSPS) is 19.1. The maximum absolute atomic E-state index is 12.0. The van der Waals surface area contributed by atoms with Gasteiger partial charge in [-0.2, -0.15) is 0 Å². The molecule has 2 N–H and O–H groups in total. The average Bonchev–Trinajstić information content (AvgIpc) is 2.39. The van der Waals surface area contributed by atoms with Crippen LogP contribution in [0.25, 0.3) is 0 Å². The Hall–Kier alpha value is -0.660. The second kappa shape index (κ2) is 7.95. The van der Waals surface area contributed by atoms with Gasteiger partial charge in [-0.05, 0) is 79.7 Å². The van der Waals surface area contributed by atoms with E-state index in [1.807, 2.05) is 31.3 Å². The number of benzene rings is 1. The summed E-state index contributed by atoms with van der Waals surface area (Å²) >= 11 is 2.25. The molecule has 5 heteroatoms.